The minimum atomic E-state index is -3.58. The Morgan fingerprint density at radius 3 is 1.97 bits per heavy atom. The molecule has 0 saturated carbocycles. The normalized spacial score (nSPS) is 12.3. The highest BCUT2D eigenvalue weighted by molar-refractivity contribution is 5.88. The lowest BCUT2D eigenvalue weighted by atomic mass is 9.85. The van der Waals surface area contributed by atoms with Crippen LogP contribution in [0.4, 0.5) is 8.78 Å². The first kappa shape index (κ1) is 21.8. The van der Waals surface area contributed by atoms with Crippen molar-refractivity contribution in [3.63, 3.8) is 0 Å². The Bertz CT molecular complexity index is 1210. The maximum Gasteiger partial charge on any atom is 0.330 e. The fourth-order valence-electron chi connectivity index (χ4n) is 4.08. The third kappa shape index (κ3) is 3.41. The molecular formula is C26H24F2N2O2. The number of rotatable bonds is 7. The van der Waals surface area contributed by atoms with Gasteiger partial charge < -0.3 is 9.67 Å². The summed E-state index contributed by atoms with van der Waals surface area (Å²) in [6.07, 6.45) is -0.259. The molecule has 0 radical (unpaired) electrons. The van der Waals surface area contributed by atoms with Gasteiger partial charge in [-0.05, 0) is 30.2 Å². The van der Waals surface area contributed by atoms with E-state index in [1.807, 2.05) is 67.6 Å². The Balaban J connectivity index is 1.99. The summed E-state index contributed by atoms with van der Waals surface area (Å²) in [5.74, 6) is -4.39. The van der Waals surface area contributed by atoms with Crippen LogP contribution < -0.4 is 0 Å². The highest BCUT2D eigenvalue weighted by Gasteiger charge is 2.41. The van der Waals surface area contributed by atoms with Gasteiger partial charge in [-0.15, -0.1) is 0 Å². The number of hydrogen-bond donors (Lipinski definition) is 1. The first-order valence-electron chi connectivity index (χ1n) is 10.6. The second kappa shape index (κ2) is 8.28. The number of ketones is 1. The van der Waals surface area contributed by atoms with E-state index in [9.17, 15) is 18.7 Å². The molecule has 32 heavy (non-hydrogen) atoms. The minimum Gasteiger partial charge on any atom is -0.373 e. The van der Waals surface area contributed by atoms with E-state index in [-0.39, 0.29) is 12.0 Å². The van der Waals surface area contributed by atoms with Gasteiger partial charge in [-0.1, -0.05) is 73.7 Å². The number of fused-ring (bicyclic) bond motifs is 1. The number of carbonyl (C=O) groups excluding carboxylic acids is 1. The summed E-state index contributed by atoms with van der Waals surface area (Å²) in [5.41, 5.74) is 0.163. The standard InChI is InChI=1S/C26H24F2N2O2/c1-3-23(31)26(27,28)20-15-16-21-22(17-20)30(4-2)24(29-21)25(32,18-11-7-5-8-12-18)19-13-9-6-10-14-19/h5-17,32H,3-4H2,1-2H3. The molecule has 1 N–H and O–H groups in total. The van der Waals surface area contributed by atoms with E-state index in [1.54, 1.807) is 4.57 Å². The van der Waals surface area contributed by atoms with Gasteiger partial charge >= 0.3 is 5.92 Å². The maximum absolute atomic E-state index is 14.7. The van der Waals surface area contributed by atoms with Crippen molar-refractivity contribution in [1.29, 1.82) is 0 Å². The van der Waals surface area contributed by atoms with Crippen molar-refractivity contribution >= 4 is 16.8 Å². The monoisotopic (exact) mass is 434 g/mol. The Labute approximate surface area is 185 Å². The summed E-state index contributed by atoms with van der Waals surface area (Å²) >= 11 is 0. The molecule has 1 heterocycles. The molecule has 0 atom stereocenters. The molecule has 0 aliphatic carbocycles. The fourth-order valence-corrected chi connectivity index (χ4v) is 4.08. The Kier molecular flexibility index (Phi) is 5.65. The highest BCUT2D eigenvalue weighted by Crippen LogP contribution is 2.39. The number of benzene rings is 3. The number of hydrogen-bond acceptors (Lipinski definition) is 3. The number of carbonyl (C=O) groups is 1. The van der Waals surface area contributed by atoms with Gasteiger partial charge in [0.25, 0.3) is 0 Å². The quantitative estimate of drug-likeness (QED) is 0.423. The molecule has 0 unspecified atom stereocenters. The summed E-state index contributed by atoms with van der Waals surface area (Å²) in [5, 5.41) is 12.1. The van der Waals surface area contributed by atoms with E-state index >= 15 is 0 Å². The number of halogens is 2. The number of aryl methyl sites for hydroxylation is 1. The Morgan fingerprint density at radius 2 is 1.47 bits per heavy atom. The second-order valence-corrected chi connectivity index (χ2v) is 7.68. The first-order valence-corrected chi connectivity index (χ1v) is 10.6. The van der Waals surface area contributed by atoms with E-state index in [4.69, 9.17) is 0 Å². The van der Waals surface area contributed by atoms with E-state index in [0.717, 1.165) is 0 Å². The molecule has 0 aliphatic heterocycles. The van der Waals surface area contributed by atoms with Crippen molar-refractivity contribution in [2.24, 2.45) is 0 Å². The van der Waals surface area contributed by atoms with Gasteiger partial charge in [0.1, 0.15) is 0 Å². The lowest BCUT2D eigenvalue weighted by Crippen LogP contribution is -2.32. The zero-order chi connectivity index (χ0) is 22.9. The molecule has 0 saturated heterocycles. The molecule has 0 spiro atoms. The minimum absolute atomic E-state index is 0.259. The van der Waals surface area contributed by atoms with Crippen molar-refractivity contribution < 1.29 is 18.7 Å². The first-order chi connectivity index (χ1) is 15.3. The number of nitrogens with zero attached hydrogens (tertiary/aromatic N) is 2. The molecule has 164 valence electrons. The van der Waals surface area contributed by atoms with Crippen LogP contribution in [0.3, 0.4) is 0 Å². The van der Waals surface area contributed by atoms with Crippen LogP contribution >= 0.6 is 0 Å². The molecule has 6 heteroatoms. The number of imidazole rings is 1. The van der Waals surface area contributed by atoms with Crippen molar-refractivity contribution in [2.45, 2.75) is 38.3 Å². The van der Waals surface area contributed by atoms with Gasteiger partial charge in [0.15, 0.2) is 11.4 Å². The van der Waals surface area contributed by atoms with E-state index < -0.39 is 17.3 Å². The zero-order valence-corrected chi connectivity index (χ0v) is 17.9. The van der Waals surface area contributed by atoms with E-state index in [2.05, 4.69) is 4.98 Å². The molecule has 1 aromatic heterocycles. The van der Waals surface area contributed by atoms with E-state index in [1.165, 1.54) is 25.1 Å². The summed E-state index contributed by atoms with van der Waals surface area (Å²) in [7, 11) is 0. The molecule has 4 nitrogen and oxygen atoms in total. The van der Waals surface area contributed by atoms with Gasteiger partial charge in [-0.3, -0.25) is 4.79 Å². The van der Waals surface area contributed by atoms with Gasteiger partial charge in [0.2, 0.25) is 5.78 Å². The van der Waals surface area contributed by atoms with Crippen molar-refractivity contribution in [1.82, 2.24) is 9.55 Å². The number of aromatic nitrogens is 2. The van der Waals surface area contributed by atoms with Gasteiger partial charge in [-0.25, -0.2) is 4.98 Å². The lowest BCUT2D eigenvalue weighted by Gasteiger charge is -2.29. The molecule has 0 amide bonds. The topological polar surface area (TPSA) is 55.1 Å². The number of Topliss-reactive ketones (excluding diaryl/α,β-unsaturated/α-hetero) is 1. The molecular weight excluding hydrogens is 410 g/mol. The molecule has 0 fully saturated rings. The average molecular weight is 434 g/mol. The van der Waals surface area contributed by atoms with Gasteiger partial charge in [0, 0.05) is 18.5 Å². The average Bonchev–Trinajstić information content (AvgIpc) is 3.22. The second-order valence-electron chi connectivity index (χ2n) is 7.68. The number of alkyl halides is 2. The molecule has 0 bridgehead atoms. The molecule has 3 aromatic carbocycles. The predicted molar refractivity (Wildman–Crippen MR) is 120 cm³/mol. The summed E-state index contributed by atoms with van der Waals surface area (Å²) in [6, 6.07) is 22.3. The molecule has 4 rings (SSSR count). The number of aliphatic hydroxyl groups is 1. The Hall–Kier alpha value is -3.38. The van der Waals surface area contributed by atoms with Gasteiger partial charge in [0.05, 0.1) is 11.0 Å². The van der Waals surface area contributed by atoms with E-state index in [0.29, 0.717) is 34.5 Å². The Morgan fingerprint density at radius 1 is 0.906 bits per heavy atom. The van der Waals surface area contributed by atoms with Crippen LogP contribution in [0.25, 0.3) is 11.0 Å². The smallest absolute Gasteiger partial charge is 0.330 e. The van der Waals surface area contributed by atoms with Crippen molar-refractivity contribution in [3.05, 3.63) is 101 Å². The summed E-state index contributed by atoms with van der Waals surface area (Å²) < 4.78 is 31.0. The van der Waals surface area contributed by atoms with Crippen LogP contribution in [-0.2, 0) is 22.9 Å². The lowest BCUT2D eigenvalue weighted by molar-refractivity contribution is -0.144. The fraction of sp³-hybridized carbons (Fsp3) is 0.231. The van der Waals surface area contributed by atoms with Crippen molar-refractivity contribution in [3.8, 4) is 0 Å². The molecule has 0 aliphatic rings. The maximum atomic E-state index is 14.7. The largest absolute Gasteiger partial charge is 0.373 e. The predicted octanol–water partition coefficient (Wildman–Crippen LogP) is 5.41. The third-order valence-electron chi connectivity index (χ3n) is 5.81. The zero-order valence-electron chi connectivity index (χ0n) is 17.9. The van der Waals surface area contributed by atoms with Crippen LogP contribution in [-0.4, -0.2) is 20.4 Å². The van der Waals surface area contributed by atoms with Gasteiger partial charge in [-0.2, -0.15) is 8.78 Å². The summed E-state index contributed by atoms with van der Waals surface area (Å²) in [4.78, 5) is 16.5. The third-order valence-corrected chi connectivity index (χ3v) is 5.81. The highest BCUT2D eigenvalue weighted by atomic mass is 19.3. The van der Waals surface area contributed by atoms with Crippen molar-refractivity contribution in [2.75, 3.05) is 0 Å². The van der Waals surface area contributed by atoms with Crippen LogP contribution in [0.2, 0.25) is 0 Å². The molecule has 4 aromatic rings. The SMILES string of the molecule is CCC(=O)C(F)(F)c1ccc2nc(C(O)(c3ccccc3)c3ccccc3)n(CC)c2c1. The van der Waals surface area contributed by atoms with Crippen LogP contribution in [0, 0.1) is 0 Å². The van der Waals surface area contributed by atoms with Crippen LogP contribution in [0.1, 0.15) is 42.8 Å². The van der Waals surface area contributed by atoms with Crippen LogP contribution in [0.5, 0.6) is 0 Å². The summed E-state index contributed by atoms with van der Waals surface area (Å²) in [6.45, 7) is 3.68. The van der Waals surface area contributed by atoms with Crippen LogP contribution in [0.15, 0.2) is 78.9 Å².